The van der Waals surface area contributed by atoms with Crippen LogP contribution in [0.4, 0.5) is 5.69 Å². The topological polar surface area (TPSA) is 72.2 Å². The molecule has 1 aromatic carbocycles. The summed E-state index contributed by atoms with van der Waals surface area (Å²) in [4.78, 5) is 1.43. The molecule has 3 N–H and O–H groups in total. The molecule has 2 rings (SSSR count). The van der Waals surface area contributed by atoms with Crippen molar-refractivity contribution in [3.05, 3.63) is 45.6 Å². The van der Waals surface area contributed by atoms with E-state index < -0.39 is 10.0 Å². The van der Waals surface area contributed by atoms with Gasteiger partial charge >= 0.3 is 0 Å². The van der Waals surface area contributed by atoms with E-state index in [1.165, 1.54) is 0 Å². The van der Waals surface area contributed by atoms with Crippen LogP contribution >= 0.6 is 11.3 Å². The summed E-state index contributed by atoms with van der Waals surface area (Å²) in [6.07, 6.45) is 0.692. The van der Waals surface area contributed by atoms with Crippen LogP contribution in [0, 0.1) is 13.8 Å². The molecule has 1 heterocycles. The second-order valence-electron chi connectivity index (χ2n) is 4.70. The second-order valence-corrected chi connectivity index (χ2v) is 7.47. The normalized spacial score (nSPS) is 11.7. The van der Waals surface area contributed by atoms with Crippen molar-refractivity contribution in [3.8, 4) is 0 Å². The Morgan fingerprint density at radius 1 is 1.30 bits per heavy atom. The molecule has 0 bridgehead atoms. The summed E-state index contributed by atoms with van der Waals surface area (Å²) in [6.45, 7) is 3.94. The molecular weight excluding hydrogens is 292 g/mol. The largest absolute Gasteiger partial charge is 0.398 e. The molecule has 0 unspecified atom stereocenters. The quantitative estimate of drug-likeness (QED) is 0.833. The molecule has 4 nitrogen and oxygen atoms in total. The molecule has 1 aromatic heterocycles. The summed E-state index contributed by atoms with van der Waals surface area (Å²) in [6, 6.07) is 7.38. The van der Waals surface area contributed by atoms with Gasteiger partial charge in [-0.05, 0) is 55.0 Å². The van der Waals surface area contributed by atoms with Gasteiger partial charge in [0.2, 0.25) is 10.0 Å². The van der Waals surface area contributed by atoms with Crippen LogP contribution in [-0.2, 0) is 16.4 Å². The Morgan fingerprint density at radius 2 is 2.05 bits per heavy atom. The molecule has 2 aromatic rings. The lowest BCUT2D eigenvalue weighted by molar-refractivity contribution is 0.581. The molecule has 0 aliphatic carbocycles. The van der Waals surface area contributed by atoms with Crippen LogP contribution in [0.15, 0.2) is 34.5 Å². The smallest absolute Gasteiger partial charge is 0.240 e. The number of anilines is 1. The molecule has 0 saturated carbocycles. The minimum Gasteiger partial charge on any atom is -0.398 e. The maximum Gasteiger partial charge on any atom is 0.240 e. The van der Waals surface area contributed by atoms with Crippen molar-refractivity contribution in [2.45, 2.75) is 25.2 Å². The van der Waals surface area contributed by atoms with E-state index in [-0.39, 0.29) is 4.90 Å². The van der Waals surface area contributed by atoms with E-state index in [0.717, 1.165) is 10.4 Å². The van der Waals surface area contributed by atoms with Crippen molar-refractivity contribution in [1.29, 1.82) is 0 Å². The maximum absolute atomic E-state index is 12.3. The predicted octanol–water partition coefficient (Wildman–Crippen LogP) is 2.47. The lowest BCUT2D eigenvalue weighted by Gasteiger charge is -2.12. The SMILES string of the molecule is Cc1cc(N)c(C)c(S(=O)(=O)NCCc2cccs2)c1. The van der Waals surface area contributed by atoms with Gasteiger partial charge in [-0.2, -0.15) is 0 Å². The summed E-state index contributed by atoms with van der Waals surface area (Å²) >= 11 is 1.62. The molecule has 0 aliphatic heterocycles. The number of hydrogen-bond acceptors (Lipinski definition) is 4. The van der Waals surface area contributed by atoms with Gasteiger partial charge in [-0.25, -0.2) is 13.1 Å². The molecule has 0 aliphatic rings. The standard InChI is InChI=1S/C14H18N2O2S2/c1-10-8-13(15)11(2)14(9-10)20(17,18)16-6-5-12-4-3-7-19-12/h3-4,7-9,16H,5-6,15H2,1-2H3. The van der Waals surface area contributed by atoms with Crippen LogP contribution in [-0.4, -0.2) is 15.0 Å². The minimum absolute atomic E-state index is 0.265. The number of hydrogen-bond donors (Lipinski definition) is 2. The fraction of sp³-hybridized carbons (Fsp3) is 0.286. The summed E-state index contributed by atoms with van der Waals surface area (Å²) in [5.74, 6) is 0. The number of nitrogens with one attached hydrogen (secondary N) is 1. The highest BCUT2D eigenvalue weighted by Crippen LogP contribution is 2.22. The lowest BCUT2D eigenvalue weighted by Crippen LogP contribution is -2.26. The third kappa shape index (κ3) is 3.39. The molecule has 0 atom stereocenters. The number of nitrogen functional groups attached to an aromatic ring is 1. The molecule has 0 radical (unpaired) electrons. The zero-order valence-corrected chi connectivity index (χ0v) is 13.1. The van der Waals surface area contributed by atoms with Gasteiger partial charge in [0.1, 0.15) is 0 Å². The minimum atomic E-state index is -3.51. The monoisotopic (exact) mass is 310 g/mol. The Balaban J connectivity index is 2.14. The average molecular weight is 310 g/mol. The van der Waals surface area contributed by atoms with E-state index in [0.29, 0.717) is 24.2 Å². The van der Waals surface area contributed by atoms with Gasteiger partial charge in [0, 0.05) is 17.1 Å². The molecule has 0 amide bonds. The fourth-order valence-electron chi connectivity index (χ4n) is 1.97. The van der Waals surface area contributed by atoms with E-state index in [1.54, 1.807) is 30.4 Å². The third-order valence-corrected chi connectivity index (χ3v) is 5.60. The predicted molar refractivity (Wildman–Crippen MR) is 83.5 cm³/mol. The van der Waals surface area contributed by atoms with Crippen molar-refractivity contribution < 1.29 is 8.42 Å². The Labute approximate surface area is 123 Å². The number of aryl methyl sites for hydroxylation is 1. The summed E-state index contributed by atoms with van der Waals surface area (Å²) in [5.41, 5.74) is 7.77. The van der Waals surface area contributed by atoms with E-state index in [2.05, 4.69) is 4.72 Å². The molecule has 0 spiro atoms. The van der Waals surface area contributed by atoms with Crippen LogP contribution in [0.2, 0.25) is 0 Å². The summed E-state index contributed by atoms with van der Waals surface area (Å²) in [5, 5.41) is 1.98. The van der Waals surface area contributed by atoms with Crippen LogP contribution in [0.5, 0.6) is 0 Å². The maximum atomic E-state index is 12.3. The van der Waals surface area contributed by atoms with Crippen molar-refractivity contribution in [2.75, 3.05) is 12.3 Å². The van der Waals surface area contributed by atoms with Gasteiger partial charge in [-0.3, -0.25) is 0 Å². The average Bonchev–Trinajstić information content (AvgIpc) is 2.86. The molecule has 0 saturated heterocycles. The molecule has 20 heavy (non-hydrogen) atoms. The van der Waals surface area contributed by atoms with E-state index in [4.69, 9.17) is 5.73 Å². The van der Waals surface area contributed by atoms with Crippen molar-refractivity contribution in [3.63, 3.8) is 0 Å². The first-order valence-corrected chi connectivity index (χ1v) is 8.65. The highest BCUT2D eigenvalue weighted by Gasteiger charge is 2.18. The van der Waals surface area contributed by atoms with Crippen LogP contribution in [0.3, 0.4) is 0 Å². The molecular formula is C14H18N2O2S2. The zero-order chi connectivity index (χ0) is 14.8. The lowest BCUT2D eigenvalue weighted by atomic mass is 10.1. The molecule has 6 heteroatoms. The van der Waals surface area contributed by atoms with Gasteiger partial charge in [0.15, 0.2) is 0 Å². The summed E-state index contributed by atoms with van der Waals surface area (Å²) in [7, 11) is -3.51. The Morgan fingerprint density at radius 3 is 2.70 bits per heavy atom. The zero-order valence-electron chi connectivity index (χ0n) is 11.5. The van der Waals surface area contributed by atoms with Crippen molar-refractivity contribution >= 4 is 27.0 Å². The highest BCUT2D eigenvalue weighted by atomic mass is 32.2. The van der Waals surface area contributed by atoms with E-state index >= 15 is 0 Å². The van der Waals surface area contributed by atoms with Gasteiger partial charge in [-0.1, -0.05) is 6.07 Å². The van der Waals surface area contributed by atoms with E-state index in [9.17, 15) is 8.42 Å². The Bertz CT molecular complexity index is 692. The van der Waals surface area contributed by atoms with Crippen LogP contribution < -0.4 is 10.5 Å². The number of nitrogens with two attached hydrogens (primary N) is 1. The van der Waals surface area contributed by atoms with Crippen molar-refractivity contribution in [2.24, 2.45) is 0 Å². The van der Waals surface area contributed by atoms with Gasteiger partial charge < -0.3 is 5.73 Å². The summed E-state index contributed by atoms with van der Waals surface area (Å²) < 4.78 is 27.3. The van der Waals surface area contributed by atoms with Crippen LogP contribution in [0.25, 0.3) is 0 Å². The van der Waals surface area contributed by atoms with Gasteiger partial charge in [0.05, 0.1) is 4.90 Å². The fourth-order valence-corrected chi connectivity index (χ4v) is 4.07. The first kappa shape index (κ1) is 15.0. The number of benzene rings is 1. The van der Waals surface area contributed by atoms with E-state index in [1.807, 2.05) is 24.4 Å². The first-order chi connectivity index (χ1) is 9.40. The van der Waals surface area contributed by atoms with Crippen LogP contribution in [0.1, 0.15) is 16.0 Å². The number of sulfonamides is 1. The van der Waals surface area contributed by atoms with Gasteiger partial charge in [-0.15, -0.1) is 11.3 Å². The Hall–Kier alpha value is -1.37. The third-order valence-electron chi connectivity index (χ3n) is 3.08. The first-order valence-electron chi connectivity index (χ1n) is 6.29. The van der Waals surface area contributed by atoms with Crippen molar-refractivity contribution in [1.82, 2.24) is 4.72 Å². The number of rotatable bonds is 5. The second kappa shape index (κ2) is 5.95. The number of thiophene rings is 1. The highest BCUT2D eigenvalue weighted by molar-refractivity contribution is 7.89. The molecule has 108 valence electrons. The van der Waals surface area contributed by atoms with Gasteiger partial charge in [0.25, 0.3) is 0 Å². The molecule has 0 fully saturated rings. The Kier molecular flexibility index (Phi) is 4.47.